The van der Waals surface area contributed by atoms with Gasteiger partial charge >= 0.3 is 0 Å². The lowest BCUT2D eigenvalue weighted by Gasteiger charge is -2.30. The first-order chi connectivity index (χ1) is 18.5. The quantitative estimate of drug-likeness (QED) is 0.414. The fourth-order valence-corrected chi connectivity index (χ4v) is 6.23. The van der Waals surface area contributed by atoms with Gasteiger partial charge in [-0.3, -0.25) is 9.69 Å². The Bertz CT molecular complexity index is 1270. The van der Waals surface area contributed by atoms with Crippen LogP contribution in [0, 0.1) is 30.5 Å². The van der Waals surface area contributed by atoms with E-state index < -0.39 is 0 Å². The number of likely N-dealkylation sites (tertiary alicyclic amines) is 1. The van der Waals surface area contributed by atoms with Gasteiger partial charge in [-0.1, -0.05) is 31.2 Å². The summed E-state index contributed by atoms with van der Waals surface area (Å²) in [6.07, 6.45) is 2.60. The molecule has 2 unspecified atom stereocenters. The number of rotatable bonds is 8. The van der Waals surface area contributed by atoms with Gasteiger partial charge in [-0.25, -0.2) is 4.39 Å². The number of benzene rings is 2. The van der Waals surface area contributed by atoms with Crippen LogP contribution >= 0.6 is 0 Å². The number of furan rings is 1. The van der Waals surface area contributed by atoms with Gasteiger partial charge in [0.2, 0.25) is 0 Å². The molecule has 3 aromatic rings. The van der Waals surface area contributed by atoms with E-state index in [1.807, 2.05) is 17.9 Å². The van der Waals surface area contributed by atoms with Crippen LogP contribution in [-0.2, 0) is 17.7 Å². The van der Waals surface area contributed by atoms with Crippen molar-refractivity contribution < 1.29 is 18.3 Å². The minimum Gasteiger partial charge on any atom is -0.459 e. The monoisotopic (exact) mass is 517 g/mol. The van der Waals surface area contributed by atoms with Crippen LogP contribution in [-0.4, -0.2) is 56.7 Å². The van der Waals surface area contributed by atoms with Crippen molar-refractivity contribution in [3.05, 3.63) is 83.1 Å². The summed E-state index contributed by atoms with van der Waals surface area (Å²) in [4.78, 5) is 19.9. The molecule has 0 radical (unpaired) electrons. The number of anilines is 2. The number of ether oxygens (including phenoxy) is 1. The smallest absolute Gasteiger partial charge is 0.294 e. The maximum Gasteiger partial charge on any atom is 0.294 e. The van der Waals surface area contributed by atoms with Crippen molar-refractivity contribution in [2.45, 2.75) is 26.8 Å². The number of amides is 1. The fraction of sp³-hybridized carbons (Fsp3) is 0.452. The summed E-state index contributed by atoms with van der Waals surface area (Å²) < 4.78 is 26.3. The third-order valence-electron chi connectivity index (χ3n) is 8.57. The van der Waals surface area contributed by atoms with E-state index >= 15 is 4.39 Å². The molecule has 1 aliphatic carbocycles. The zero-order chi connectivity index (χ0) is 26.2. The first kappa shape index (κ1) is 25.1. The molecular weight excluding hydrogens is 481 g/mol. The molecule has 6 rings (SSSR count). The van der Waals surface area contributed by atoms with Crippen molar-refractivity contribution in [1.82, 2.24) is 4.90 Å². The Labute approximate surface area is 224 Å². The first-order valence-electron chi connectivity index (χ1n) is 13.8. The SMILES string of the molecule is CCc1ccc(CN2CC3C(C2)C3CN(C(=O)c2occc2C)c2ccc(N3CCOCC3)c(F)c2)cc1. The van der Waals surface area contributed by atoms with Gasteiger partial charge in [0.1, 0.15) is 5.82 Å². The third kappa shape index (κ3) is 4.97. The van der Waals surface area contributed by atoms with Crippen LogP contribution in [0.25, 0.3) is 0 Å². The van der Waals surface area contributed by atoms with E-state index in [1.165, 1.54) is 17.2 Å². The normalized spacial score (nSPS) is 22.9. The molecule has 1 amide bonds. The third-order valence-corrected chi connectivity index (χ3v) is 8.57. The summed E-state index contributed by atoms with van der Waals surface area (Å²) in [6.45, 7) is 10.2. The Balaban J connectivity index is 1.16. The average molecular weight is 518 g/mol. The van der Waals surface area contributed by atoms with E-state index in [-0.39, 0.29) is 11.7 Å². The highest BCUT2D eigenvalue weighted by molar-refractivity contribution is 6.05. The molecule has 1 aromatic heterocycles. The fourth-order valence-electron chi connectivity index (χ4n) is 6.23. The molecule has 3 aliphatic rings. The molecule has 2 saturated heterocycles. The van der Waals surface area contributed by atoms with Crippen molar-refractivity contribution in [3.8, 4) is 0 Å². The second-order valence-corrected chi connectivity index (χ2v) is 10.9. The van der Waals surface area contributed by atoms with Crippen molar-refractivity contribution in [1.29, 1.82) is 0 Å². The standard InChI is InChI=1S/C31H36FN3O3/c1-3-22-4-6-23(7-5-22)17-33-18-25-26(19-33)27(25)20-35(31(36)30-21(2)10-13-38-30)24-8-9-29(28(32)16-24)34-11-14-37-15-12-34/h4-10,13,16,25-27H,3,11-12,14-15,17-20H2,1-2H3. The van der Waals surface area contributed by atoms with E-state index in [2.05, 4.69) is 36.1 Å². The summed E-state index contributed by atoms with van der Waals surface area (Å²) in [7, 11) is 0. The molecule has 0 N–H and O–H groups in total. The summed E-state index contributed by atoms with van der Waals surface area (Å²) in [5.74, 6) is 1.35. The minimum atomic E-state index is -0.311. The Morgan fingerprint density at radius 1 is 1.03 bits per heavy atom. The van der Waals surface area contributed by atoms with Crippen LogP contribution in [0.15, 0.2) is 59.2 Å². The Hall–Kier alpha value is -3.16. The molecule has 200 valence electrons. The predicted molar refractivity (Wildman–Crippen MR) is 146 cm³/mol. The molecule has 3 heterocycles. The summed E-state index contributed by atoms with van der Waals surface area (Å²) >= 11 is 0. The number of aryl methyl sites for hydroxylation is 2. The number of nitrogens with zero attached hydrogens (tertiary/aromatic N) is 3. The van der Waals surface area contributed by atoms with Gasteiger partial charge in [-0.15, -0.1) is 0 Å². The molecule has 6 nitrogen and oxygen atoms in total. The Kier molecular flexibility index (Phi) is 6.97. The molecule has 3 fully saturated rings. The van der Waals surface area contributed by atoms with E-state index in [0.717, 1.165) is 31.6 Å². The lowest BCUT2D eigenvalue weighted by molar-refractivity contribution is 0.0956. The number of carbonyl (C=O) groups is 1. The van der Waals surface area contributed by atoms with Gasteiger partial charge in [0.05, 0.1) is 25.2 Å². The highest BCUT2D eigenvalue weighted by atomic mass is 19.1. The van der Waals surface area contributed by atoms with E-state index in [0.29, 0.717) is 67.7 Å². The number of halogens is 1. The van der Waals surface area contributed by atoms with Crippen LogP contribution < -0.4 is 9.80 Å². The number of fused-ring (bicyclic) bond motifs is 1. The maximum absolute atomic E-state index is 15.3. The van der Waals surface area contributed by atoms with E-state index in [1.54, 1.807) is 23.3 Å². The van der Waals surface area contributed by atoms with Crippen molar-refractivity contribution in [2.75, 3.05) is 55.7 Å². The second kappa shape index (κ2) is 10.5. The molecule has 0 bridgehead atoms. The highest BCUT2D eigenvalue weighted by Gasteiger charge is 2.56. The second-order valence-electron chi connectivity index (χ2n) is 10.9. The molecule has 2 aliphatic heterocycles. The van der Waals surface area contributed by atoms with Crippen LogP contribution in [0.2, 0.25) is 0 Å². The largest absolute Gasteiger partial charge is 0.459 e. The van der Waals surface area contributed by atoms with Crippen molar-refractivity contribution in [2.24, 2.45) is 17.8 Å². The van der Waals surface area contributed by atoms with Gasteiger partial charge in [0, 0.05) is 50.5 Å². The van der Waals surface area contributed by atoms with Crippen molar-refractivity contribution in [3.63, 3.8) is 0 Å². The van der Waals surface area contributed by atoms with Gasteiger partial charge in [-0.2, -0.15) is 0 Å². The number of carbonyl (C=O) groups excluding carboxylic acids is 1. The zero-order valence-electron chi connectivity index (χ0n) is 22.2. The maximum atomic E-state index is 15.3. The van der Waals surface area contributed by atoms with Gasteiger partial charge in [0.25, 0.3) is 5.91 Å². The Morgan fingerprint density at radius 2 is 1.74 bits per heavy atom. The molecule has 2 atom stereocenters. The lowest BCUT2D eigenvalue weighted by atomic mass is 10.1. The summed E-state index contributed by atoms with van der Waals surface area (Å²) in [5, 5.41) is 0. The van der Waals surface area contributed by atoms with Crippen LogP contribution in [0.1, 0.15) is 34.2 Å². The summed E-state index contributed by atoms with van der Waals surface area (Å²) in [6, 6.07) is 15.9. The molecule has 7 heteroatoms. The summed E-state index contributed by atoms with van der Waals surface area (Å²) in [5.41, 5.74) is 4.65. The van der Waals surface area contributed by atoms with Crippen LogP contribution in [0.5, 0.6) is 0 Å². The minimum absolute atomic E-state index is 0.205. The van der Waals surface area contributed by atoms with Crippen LogP contribution in [0.3, 0.4) is 0 Å². The average Bonchev–Trinajstić information content (AvgIpc) is 3.23. The number of morpholine rings is 1. The van der Waals surface area contributed by atoms with Gasteiger partial charge in [0.15, 0.2) is 5.76 Å². The lowest BCUT2D eigenvalue weighted by Crippen LogP contribution is -2.37. The molecule has 1 saturated carbocycles. The van der Waals surface area contributed by atoms with Crippen molar-refractivity contribution >= 4 is 17.3 Å². The van der Waals surface area contributed by atoms with E-state index in [9.17, 15) is 4.79 Å². The van der Waals surface area contributed by atoms with Crippen LogP contribution in [0.4, 0.5) is 15.8 Å². The van der Waals surface area contributed by atoms with Gasteiger partial charge < -0.3 is 19.0 Å². The number of hydrogen-bond acceptors (Lipinski definition) is 5. The highest BCUT2D eigenvalue weighted by Crippen LogP contribution is 2.52. The molecule has 2 aromatic carbocycles. The molecular formula is C31H36FN3O3. The topological polar surface area (TPSA) is 49.2 Å². The zero-order valence-corrected chi connectivity index (χ0v) is 22.2. The predicted octanol–water partition coefficient (Wildman–Crippen LogP) is 5.15. The van der Waals surface area contributed by atoms with E-state index in [4.69, 9.17) is 9.15 Å². The first-order valence-corrected chi connectivity index (χ1v) is 13.8. The number of hydrogen-bond donors (Lipinski definition) is 0. The number of piperidine rings is 1. The Morgan fingerprint density at radius 3 is 2.37 bits per heavy atom. The molecule has 38 heavy (non-hydrogen) atoms. The molecule has 0 spiro atoms. The van der Waals surface area contributed by atoms with Gasteiger partial charge in [-0.05, 0) is 66.5 Å².